The average molecular weight is 229 g/mol. The summed E-state index contributed by atoms with van der Waals surface area (Å²) in [5.41, 5.74) is 1.93. The Labute approximate surface area is 105 Å². The van der Waals surface area contributed by atoms with E-state index < -0.39 is 0 Å². The molecule has 1 atom stereocenters. The van der Waals surface area contributed by atoms with Crippen molar-refractivity contribution >= 4 is 0 Å². The fourth-order valence-electron chi connectivity index (χ4n) is 3.78. The van der Waals surface area contributed by atoms with Crippen molar-refractivity contribution < 1.29 is 0 Å². The van der Waals surface area contributed by atoms with Gasteiger partial charge in [0, 0.05) is 18.1 Å². The zero-order valence-corrected chi connectivity index (χ0v) is 10.9. The molecule has 2 aliphatic rings. The van der Waals surface area contributed by atoms with Crippen LogP contribution >= 0.6 is 0 Å². The van der Waals surface area contributed by atoms with Crippen LogP contribution < -0.4 is 0 Å². The van der Waals surface area contributed by atoms with Crippen LogP contribution in [0.3, 0.4) is 0 Å². The van der Waals surface area contributed by atoms with E-state index in [9.17, 15) is 0 Å². The van der Waals surface area contributed by atoms with Crippen LogP contribution in [0.5, 0.6) is 0 Å². The molecule has 1 aromatic carbocycles. The summed E-state index contributed by atoms with van der Waals surface area (Å²) < 4.78 is 0. The van der Waals surface area contributed by atoms with Crippen LogP contribution in [0.25, 0.3) is 0 Å². The van der Waals surface area contributed by atoms with Gasteiger partial charge in [-0.25, -0.2) is 0 Å². The molecule has 92 valence electrons. The van der Waals surface area contributed by atoms with Crippen molar-refractivity contribution in [2.45, 2.75) is 57.0 Å². The van der Waals surface area contributed by atoms with Gasteiger partial charge in [0.15, 0.2) is 0 Å². The lowest BCUT2D eigenvalue weighted by molar-refractivity contribution is -0.0461. The summed E-state index contributed by atoms with van der Waals surface area (Å²) in [5, 5.41) is 0. The summed E-state index contributed by atoms with van der Waals surface area (Å²) in [6.45, 7) is 3.69. The molecular weight excluding hydrogens is 206 g/mol. The molecule has 1 aliphatic heterocycles. The van der Waals surface area contributed by atoms with E-state index >= 15 is 0 Å². The van der Waals surface area contributed by atoms with Gasteiger partial charge in [-0.05, 0) is 31.7 Å². The van der Waals surface area contributed by atoms with E-state index in [0.717, 1.165) is 6.04 Å². The normalized spacial score (nSPS) is 28.6. The van der Waals surface area contributed by atoms with Gasteiger partial charge in [-0.1, -0.05) is 49.6 Å². The van der Waals surface area contributed by atoms with E-state index in [4.69, 9.17) is 0 Å². The topological polar surface area (TPSA) is 3.24 Å². The molecule has 1 heteroatoms. The molecule has 17 heavy (non-hydrogen) atoms. The Morgan fingerprint density at radius 1 is 1.06 bits per heavy atom. The number of hydrogen-bond acceptors (Lipinski definition) is 1. The monoisotopic (exact) mass is 229 g/mol. The quantitative estimate of drug-likeness (QED) is 0.742. The molecule has 1 aromatic rings. The molecule has 1 aliphatic carbocycles. The Balaban J connectivity index is 1.96. The third-order valence-electron chi connectivity index (χ3n) is 4.86. The summed E-state index contributed by atoms with van der Waals surface area (Å²) in [6, 6.07) is 12.0. The van der Waals surface area contributed by atoms with Gasteiger partial charge in [0.2, 0.25) is 0 Å². The van der Waals surface area contributed by atoms with Gasteiger partial charge in [-0.15, -0.1) is 0 Å². The van der Waals surface area contributed by atoms with Gasteiger partial charge in [0.05, 0.1) is 0 Å². The van der Waals surface area contributed by atoms with Crippen molar-refractivity contribution in [1.82, 2.24) is 4.90 Å². The predicted octanol–water partition coefficient (Wildman–Crippen LogP) is 3.94. The fourth-order valence-corrected chi connectivity index (χ4v) is 3.78. The van der Waals surface area contributed by atoms with Gasteiger partial charge in [0.1, 0.15) is 0 Å². The van der Waals surface area contributed by atoms with E-state index in [1.807, 2.05) is 0 Å². The molecule has 1 heterocycles. The van der Waals surface area contributed by atoms with Gasteiger partial charge >= 0.3 is 0 Å². The molecule has 1 saturated carbocycles. The largest absolute Gasteiger partial charge is 0.291 e. The second-order valence-corrected chi connectivity index (χ2v) is 5.79. The minimum absolute atomic E-state index is 0.372. The molecule has 0 spiro atoms. The summed E-state index contributed by atoms with van der Waals surface area (Å²) in [7, 11) is 0. The number of rotatable bonds is 2. The van der Waals surface area contributed by atoms with E-state index in [-0.39, 0.29) is 0 Å². The first-order valence-electron chi connectivity index (χ1n) is 7.15. The van der Waals surface area contributed by atoms with Gasteiger partial charge in [-0.2, -0.15) is 0 Å². The van der Waals surface area contributed by atoms with E-state index in [0.29, 0.717) is 5.54 Å². The third-order valence-corrected chi connectivity index (χ3v) is 4.86. The predicted molar refractivity (Wildman–Crippen MR) is 72.0 cm³/mol. The highest BCUT2D eigenvalue weighted by molar-refractivity contribution is 5.26. The van der Waals surface area contributed by atoms with Crippen molar-refractivity contribution in [2.75, 3.05) is 6.54 Å². The number of nitrogens with zero attached hydrogens (tertiary/aromatic N) is 1. The lowest BCUT2D eigenvalue weighted by Crippen LogP contribution is -2.58. The highest BCUT2D eigenvalue weighted by atomic mass is 15.3. The van der Waals surface area contributed by atoms with Crippen molar-refractivity contribution in [3.8, 4) is 0 Å². The third kappa shape index (κ3) is 1.81. The Hall–Kier alpha value is -0.820. The molecule has 0 amide bonds. The Kier molecular flexibility index (Phi) is 2.96. The fraction of sp³-hybridized carbons (Fsp3) is 0.625. The first kappa shape index (κ1) is 11.3. The van der Waals surface area contributed by atoms with Gasteiger partial charge in [0.25, 0.3) is 0 Å². The lowest BCUT2D eigenvalue weighted by Gasteiger charge is -2.55. The molecule has 1 saturated heterocycles. The summed E-state index contributed by atoms with van der Waals surface area (Å²) in [5.74, 6) is 0. The first-order valence-corrected chi connectivity index (χ1v) is 7.15. The van der Waals surface area contributed by atoms with Crippen molar-refractivity contribution in [1.29, 1.82) is 0 Å². The second kappa shape index (κ2) is 4.45. The molecule has 0 bridgehead atoms. The highest BCUT2D eigenvalue weighted by Gasteiger charge is 2.44. The maximum atomic E-state index is 2.77. The second-order valence-electron chi connectivity index (χ2n) is 5.79. The highest BCUT2D eigenvalue weighted by Crippen LogP contribution is 2.46. The maximum absolute atomic E-state index is 2.77. The summed E-state index contributed by atoms with van der Waals surface area (Å²) in [6.07, 6.45) is 8.34. The van der Waals surface area contributed by atoms with Gasteiger partial charge < -0.3 is 0 Å². The average Bonchev–Trinajstić information content (AvgIpc) is 2.39. The van der Waals surface area contributed by atoms with Crippen LogP contribution in [0, 0.1) is 0 Å². The van der Waals surface area contributed by atoms with E-state index in [2.05, 4.69) is 42.2 Å². The van der Waals surface area contributed by atoms with Crippen LogP contribution in [0.2, 0.25) is 0 Å². The lowest BCUT2D eigenvalue weighted by atomic mass is 9.73. The van der Waals surface area contributed by atoms with Crippen LogP contribution in [0.15, 0.2) is 30.3 Å². The molecule has 1 nitrogen and oxygen atoms in total. The summed E-state index contributed by atoms with van der Waals surface area (Å²) >= 11 is 0. The SMILES string of the molecule is CC1CCN1C1(c2ccccc2)CCCCC1. The van der Waals surface area contributed by atoms with Gasteiger partial charge in [-0.3, -0.25) is 4.90 Å². The Morgan fingerprint density at radius 3 is 2.29 bits per heavy atom. The Morgan fingerprint density at radius 2 is 1.76 bits per heavy atom. The van der Waals surface area contributed by atoms with Crippen molar-refractivity contribution in [3.63, 3.8) is 0 Å². The van der Waals surface area contributed by atoms with Crippen LogP contribution in [-0.4, -0.2) is 17.5 Å². The van der Waals surface area contributed by atoms with Crippen LogP contribution in [-0.2, 0) is 5.54 Å². The standard InChI is InChI=1S/C16H23N/c1-14-10-13-17(14)16(11-6-3-7-12-16)15-8-4-2-5-9-15/h2,4-5,8-9,14H,3,6-7,10-13H2,1H3. The van der Waals surface area contributed by atoms with Crippen molar-refractivity contribution in [2.24, 2.45) is 0 Å². The van der Waals surface area contributed by atoms with Crippen LogP contribution in [0.4, 0.5) is 0 Å². The number of benzene rings is 1. The molecule has 0 N–H and O–H groups in total. The minimum atomic E-state index is 0.372. The number of hydrogen-bond donors (Lipinski definition) is 0. The van der Waals surface area contributed by atoms with E-state index in [1.54, 1.807) is 5.56 Å². The Bertz CT molecular complexity index is 364. The minimum Gasteiger partial charge on any atom is -0.291 e. The molecular formula is C16H23N. The number of likely N-dealkylation sites (tertiary alicyclic amines) is 1. The van der Waals surface area contributed by atoms with E-state index in [1.165, 1.54) is 45.1 Å². The summed E-state index contributed by atoms with van der Waals surface area (Å²) in [4.78, 5) is 2.77. The molecule has 1 unspecified atom stereocenters. The maximum Gasteiger partial charge on any atom is 0.0463 e. The zero-order chi connectivity index (χ0) is 11.7. The first-order chi connectivity index (χ1) is 8.33. The smallest absolute Gasteiger partial charge is 0.0463 e. The molecule has 2 fully saturated rings. The van der Waals surface area contributed by atoms with Crippen molar-refractivity contribution in [3.05, 3.63) is 35.9 Å². The molecule has 0 radical (unpaired) electrons. The van der Waals surface area contributed by atoms with Crippen LogP contribution in [0.1, 0.15) is 51.0 Å². The zero-order valence-electron chi connectivity index (χ0n) is 10.9. The molecule has 3 rings (SSSR count). The molecule has 0 aromatic heterocycles.